The lowest BCUT2D eigenvalue weighted by Gasteiger charge is -2.10. The van der Waals surface area contributed by atoms with Gasteiger partial charge in [-0.25, -0.2) is 14.2 Å². The Hall–Kier alpha value is -2.50. The molecule has 19 heavy (non-hydrogen) atoms. The van der Waals surface area contributed by atoms with Crippen LogP contribution in [0.25, 0.3) is 0 Å². The lowest BCUT2D eigenvalue weighted by Crippen LogP contribution is -2.06. The molecule has 2 heterocycles. The Morgan fingerprint density at radius 1 is 1.32 bits per heavy atom. The van der Waals surface area contributed by atoms with Gasteiger partial charge in [-0.05, 0) is 32.0 Å². The molecule has 5 nitrogen and oxygen atoms in total. The van der Waals surface area contributed by atoms with Crippen molar-refractivity contribution in [1.29, 1.82) is 0 Å². The second kappa shape index (κ2) is 5.01. The van der Waals surface area contributed by atoms with E-state index in [2.05, 4.69) is 15.3 Å². The van der Waals surface area contributed by atoms with Crippen molar-refractivity contribution >= 4 is 17.5 Å². The van der Waals surface area contributed by atoms with Gasteiger partial charge in [-0.2, -0.15) is 0 Å². The lowest BCUT2D eigenvalue weighted by molar-refractivity contribution is 0.0692. The number of aromatic carboxylic acids is 1. The molecule has 0 aromatic carbocycles. The third kappa shape index (κ3) is 2.67. The Kier molecular flexibility index (Phi) is 3.41. The summed E-state index contributed by atoms with van der Waals surface area (Å²) < 4.78 is 13.9. The Labute approximate surface area is 109 Å². The minimum absolute atomic E-state index is 0.131. The zero-order valence-corrected chi connectivity index (χ0v) is 10.4. The highest BCUT2D eigenvalue weighted by Gasteiger charge is 2.15. The van der Waals surface area contributed by atoms with Crippen molar-refractivity contribution in [3.8, 4) is 0 Å². The molecular formula is C13H12FN3O2. The van der Waals surface area contributed by atoms with Crippen molar-refractivity contribution in [2.75, 3.05) is 5.32 Å². The first-order valence-corrected chi connectivity index (χ1v) is 5.58. The molecule has 6 heteroatoms. The van der Waals surface area contributed by atoms with E-state index in [9.17, 15) is 9.18 Å². The number of nitrogens with one attached hydrogen (secondary N) is 1. The number of hydrogen-bond donors (Lipinski definition) is 2. The van der Waals surface area contributed by atoms with Gasteiger partial charge in [0.05, 0.1) is 11.4 Å². The SMILES string of the molecule is Cc1ccc(Nc2nccc(C(=O)O)c2F)c(C)n1. The van der Waals surface area contributed by atoms with E-state index in [1.54, 1.807) is 19.1 Å². The number of carboxylic acids is 1. The van der Waals surface area contributed by atoms with Crippen molar-refractivity contribution in [3.05, 3.63) is 47.2 Å². The van der Waals surface area contributed by atoms with E-state index in [4.69, 9.17) is 5.11 Å². The van der Waals surface area contributed by atoms with Gasteiger partial charge in [-0.1, -0.05) is 0 Å². The molecule has 0 saturated carbocycles. The fraction of sp³-hybridized carbons (Fsp3) is 0.154. The van der Waals surface area contributed by atoms with Crippen molar-refractivity contribution in [1.82, 2.24) is 9.97 Å². The molecule has 98 valence electrons. The van der Waals surface area contributed by atoms with Gasteiger partial charge in [0.15, 0.2) is 11.6 Å². The number of carbonyl (C=O) groups is 1. The molecule has 0 aliphatic rings. The molecular weight excluding hydrogens is 249 g/mol. The van der Waals surface area contributed by atoms with E-state index in [0.29, 0.717) is 11.4 Å². The molecule has 0 unspecified atom stereocenters. The minimum Gasteiger partial charge on any atom is -0.478 e. The highest BCUT2D eigenvalue weighted by molar-refractivity contribution is 5.89. The Bertz CT molecular complexity index is 644. The first-order valence-electron chi connectivity index (χ1n) is 5.58. The zero-order chi connectivity index (χ0) is 14.0. The molecule has 0 aliphatic heterocycles. The van der Waals surface area contributed by atoms with Crippen LogP contribution in [-0.4, -0.2) is 21.0 Å². The van der Waals surface area contributed by atoms with E-state index < -0.39 is 17.3 Å². The second-order valence-corrected chi connectivity index (χ2v) is 4.04. The number of hydrogen-bond acceptors (Lipinski definition) is 4. The summed E-state index contributed by atoms with van der Waals surface area (Å²) in [4.78, 5) is 18.9. The van der Waals surface area contributed by atoms with Crippen LogP contribution >= 0.6 is 0 Å². The average molecular weight is 261 g/mol. The summed E-state index contributed by atoms with van der Waals surface area (Å²) >= 11 is 0. The summed E-state index contributed by atoms with van der Waals surface area (Å²) in [5.74, 6) is -2.36. The van der Waals surface area contributed by atoms with Crippen molar-refractivity contribution in [2.45, 2.75) is 13.8 Å². The Morgan fingerprint density at radius 3 is 2.68 bits per heavy atom. The summed E-state index contributed by atoms with van der Waals surface area (Å²) in [6.07, 6.45) is 1.24. The molecule has 0 fully saturated rings. The predicted molar refractivity (Wildman–Crippen MR) is 68.1 cm³/mol. The van der Waals surface area contributed by atoms with Crippen molar-refractivity contribution < 1.29 is 14.3 Å². The number of aryl methyl sites for hydroxylation is 2. The van der Waals surface area contributed by atoms with Crippen LogP contribution in [0.5, 0.6) is 0 Å². The van der Waals surface area contributed by atoms with Gasteiger partial charge >= 0.3 is 5.97 Å². The van der Waals surface area contributed by atoms with Crippen LogP contribution in [-0.2, 0) is 0 Å². The quantitative estimate of drug-likeness (QED) is 0.888. The maximum atomic E-state index is 13.9. The van der Waals surface area contributed by atoms with Crippen LogP contribution in [0.1, 0.15) is 21.7 Å². The topological polar surface area (TPSA) is 75.1 Å². The molecule has 2 rings (SSSR count). The molecule has 0 bridgehead atoms. The van der Waals surface area contributed by atoms with Crippen LogP contribution in [0.3, 0.4) is 0 Å². The van der Waals surface area contributed by atoms with Gasteiger partial charge in [0.1, 0.15) is 5.56 Å². The minimum atomic E-state index is -1.33. The average Bonchev–Trinajstić information content (AvgIpc) is 2.34. The van der Waals surface area contributed by atoms with Gasteiger partial charge in [-0.15, -0.1) is 0 Å². The van der Waals surface area contributed by atoms with Crippen LogP contribution in [0.2, 0.25) is 0 Å². The predicted octanol–water partition coefficient (Wildman–Crippen LogP) is 2.67. The monoisotopic (exact) mass is 261 g/mol. The van der Waals surface area contributed by atoms with Crippen LogP contribution in [0.15, 0.2) is 24.4 Å². The van der Waals surface area contributed by atoms with E-state index in [1.807, 2.05) is 6.92 Å². The van der Waals surface area contributed by atoms with Crippen LogP contribution < -0.4 is 5.32 Å². The Morgan fingerprint density at radius 2 is 2.05 bits per heavy atom. The molecule has 2 N–H and O–H groups in total. The fourth-order valence-corrected chi connectivity index (χ4v) is 1.64. The zero-order valence-electron chi connectivity index (χ0n) is 10.4. The number of anilines is 2. The fourth-order valence-electron chi connectivity index (χ4n) is 1.64. The van der Waals surface area contributed by atoms with Crippen LogP contribution in [0.4, 0.5) is 15.9 Å². The summed E-state index contributed by atoms with van der Waals surface area (Å²) in [6, 6.07) is 4.63. The number of pyridine rings is 2. The van der Waals surface area contributed by atoms with Gasteiger partial charge < -0.3 is 10.4 Å². The number of halogens is 1. The highest BCUT2D eigenvalue weighted by Crippen LogP contribution is 2.22. The third-order valence-electron chi connectivity index (χ3n) is 2.60. The molecule has 2 aromatic heterocycles. The largest absolute Gasteiger partial charge is 0.478 e. The maximum Gasteiger partial charge on any atom is 0.338 e. The molecule has 0 radical (unpaired) electrons. The molecule has 0 atom stereocenters. The van der Waals surface area contributed by atoms with Gasteiger partial charge in [0.25, 0.3) is 0 Å². The number of carboxylic acid groups (broad SMARTS) is 1. The number of aromatic nitrogens is 2. The van der Waals surface area contributed by atoms with Gasteiger partial charge in [0, 0.05) is 11.9 Å². The molecule has 0 aliphatic carbocycles. The smallest absolute Gasteiger partial charge is 0.338 e. The lowest BCUT2D eigenvalue weighted by atomic mass is 10.2. The molecule has 0 saturated heterocycles. The van der Waals surface area contributed by atoms with Crippen molar-refractivity contribution in [3.63, 3.8) is 0 Å². The highest BCUT2D eigenvalue weighted by atomic mass is 19.1. The summed E-state index contributed by atoms with van der Waals surface area (Å²) in [5, 5.41) is 11.6. The van der Waals surface area contributed by atoms with E-state index >= 15 is 0 Å². The normalized spacial score (nSPS) is 10.3. The van der Waals surface area contributed by atoms with E-state index in [-0.39, 0.29) is 5.82 Å². The number of rotatable bonds is 3. The van der Waals surface area contributed by atoms with E-state index in [1.165, 1.54) is 6.20 Å². The standard InChI is InChI=1S/C13H12FN3O2/c1-7-3-4-10(8(2)16-7)17-12-11(14)9(13(18)19)5-6-15-12/h3-6H,1-2H3,(H,15,17)(H,18,19). The first-order chi connectivity index (χ1) is 8.99. The van der Waals surface area contributed by atoms with Gasteiger partial charge in [-0.3, -0.25) is 4.98 Å². The Balaban J connectivity index is 2.38. The van der Waals surface area contributed by atoms with Crippen molar-refractivity contribution in [2.24, 2.45) is 0 Å². The summed E-state index contributed by atoms with van der Waals surface area (Å²) in [7, 11) is 0. The summed E-state index contributed by atoms with van der Waals surface area (Å²) in [6.45, 7) is 3.62. The summed E-state index contributed by atoms with van der Waals surface area (Å²) in [5.41, 5.74) is 1.69. The molecule has 0 spiro atoms. The van der Waals surface area contributed by atoms with Crippen LogP contribution in [0, 0.1) is 19.7 Å². The third-order valence-corrected chi connectivity index (χ3v) is 2.60. The van der Waals surface area contributed by atoms with E-state index in [0.717, 1.165) is 11.8 Å². The molecule has 0 amide bonds. The first kappa shape index (κ1) is 12.9. The number of nitrogens with zero attached hydrogens (tertiary/aromatic N) is 2. The second-order valence-electron chi connectivity index (χ2n) is 4.04. The molecule has 2 aromatic rings. The van der Waals surface area contributed by atoms with Gasteiger partial charge in [0.2, 0.25) is 0 Å². The maximum absolute atomic E-state index is 13.9.